The molecular formula is C10H13N5O2. The molecule has 7 heteroatoms. The Morgan fingerprint density at radius 1 is 1.53 bits per heavy atom. The van der Waals surface area contributed by atoms with E-state index in [4.69, 9.17) is 0 Å². The zero-order valence-corrected chi connectivity index (χ0v) is 9.28. The zero-order chi connectivity index (χ0) is 12.3. The highest BCUT2D eigenvalue weighted by molar-refractivity contribution is 5.92. The lowest BCUT2D eigenvalue weighted by Gasteiger charge is -2.13. The second kappa shape index (κ2) is 4.69. The van der Waals surface area contributed by atoms with E-state index in [-0.39, 0.29) is 17.6 Å². The lowest BCUT2D eigenvalue weighted by molar-refractivity contribution is 0.0929. The molecule has 0 saturated carbocycles. The molecule has 2 heterocycles. The minimum atomic E-state index is -0.402. The van der Waals surface area contributed by atoms with E-state index in [1.807, 2.05) is 6.92 Å². The Kier molecular flexibility index (Phi) is 3.08. The average molecular weight is 235 g/mol. The molecule has 0 spiro atoms. The van der Waals surface area contributed by atoms with Crippen molar-refractivity contribution in [1.29, 1.82) is 0 Å². The van der Waals surface area contributed by atoms with Crippen LogP contribution in [0.5, 0.6) is 0 Å². The van der Waals surface area contributed by atoms with Gasteiger partial charge < -0.3 is 20.3 Å². The summed E-state index contributed by atoms with van der Waals surface area (Å²) in [5, 5.41) is 2.78. The van der Waals surface area contributed by atoms with Gasteiger partial charge in [0.05, 0.1) is 6.04 Å². The molecule has 0 aliphatic rings. The third kappa shape index (κ3) is 2.44. The van der Waals surface area contributed by atoms with E-state index in [1.165, 1.54) is 6.20 Å². The molecule has 7 nitrogen and oxygen atoms in total. The largest absolute Gasteiger partial charge is 0.347 e. The minimum Gasteiger partial charge on any atom is -0.347 e. The topological polar surface area (TPSA) is 106 Å². The normalized spacial score (nSPS) is 12.3. The minimum absolute atomic E-state index is 0.198. The number of imidazole rings is 2. The summed E-state index contributed by atoms with van der Waals surface area (Å²) in [6.07, 6.45) is 5.37. The fourth-order valence-electron chi connectivity index (χ4n) is 1.52. The molecular weight excluding hydrogens is 222 g/mol. The smallest absolute Gasteiger partial charge is 0.323 e. The highest BCUT2D eigenvalue weighted by atomic mass is 16.2. The van der Waals surface area contributed by atoms with Crippen molar-refractivity contribution in [3.63, 3.8) is 0 Å². The van der Waals surface area contributed by atoms with E-state index in [2.05, 4.69) is 25.3 Å². The quantitative estimate of drug-likeness (QED) is 0.612. The third-order valence-electron chi connectivity index (χ3n) is 2.40. The van der Waals surface area contributed by atoms with Crippen molar-refractivity contribution in [1.82, 2.24) is 25.3 Å². The predicted octanol–water partition coefficient (Wildman–Crippen LogP) is 0.307. The Morgan fingerprint density at radius 3 is 2.88 bits per heavy atom. The average Bonchev–Trinajstić information content (AvgIpc) is 2.96. The van der Waals surface area contributed by atoms with Crippen molar-refractivity contribution in [2.75, 3.05) is 0 Å². The van der Waals surface area contributed by atoms with Crippen LogP contribution in [0.4, 0.5) is 0 Å². The molecule has 17 heavy (non-hydrogen) atoms. The summed E-state index contributed by atoms with van der Waals surface area (Å²) < 4.78 is 0. The van der Waals surface area contributed by atoms with Crippen molar-refractivity contribution in [2.45, 2.75) is 19.4 Å². The van der Waals surface area contributed by atoms with Crippen molar-refractivity contribution < 1.29 is 4.79 Å². The van der Waals surface area contributed by atoms with Gasteiger partial charge in [-0.3, -0.25) is 4.79 Å². The fraction of sp³-hybridized carbons (Fsp3) is 0.300. The Balaban J connectivity index is 2.09. The maximum atomic E-state index is 11.8. The number of carbonyl (C=O) groups excluding carboxylic acids is 1. The Bertz CT molecular complexity index is 539. The molecule has 0 radical (unpaired) electrons. The molecule has 2 aromatic heterocycles. The van der Waals surface area contributed by atoms with Crippen molar-refractivity contribution in [2.24, 2.45) is 0 Å². The maximum absolute atomic E-state index is 11.8. The SMILES string of the molecule is CCC(NC(=O)c1c[nH]c(=O)[nH]1)c1ncc[nH]1. The second-order valence-electron chi connectivity index (χ2n) is 3.57. The molecule has 0 aliphatic heterocycles. The number of nitrogens with one attached hydrogen (secondary N) is 4. The lowest BCUT2D eigenvalue weighted by Crippen LogP contribution is -2.29. The lowest BCUT2D eigenvalue weighted by atomic mass is 10.2. The van der Waals surface area contributed by atoms with Crippen LogP contribution in [0.3, 0.4) is 0 Å². The second-order valence-corrected chi connectivity index (χ2v) is 3.57. The van der Waals surface area contributed by atoms with E-state index in [1.54, 1.807) is 12.4 Å². The number of aromatic amines is 3. The summed E-state index contributed by atoms with van der Waals surface area (Å²) >= 11 is 0. The molecule has 0 bridgehead atoms. The molecule has 2 rings (SSSR count). The van der Waals surface area contributed by atoms with Gasteiger partial charge >= 0.3 is 5.69 Å². The molecule has 1 atom stereocenters. The number of hydrogen-bond donors (Lipinski definition) is 4. The monoisotopic (exact) mass is 235 g/mol. The summed E-state index contributed by atoms with van der Waals surface area (Å²) in [6, 6.07) is -0.198. The molecule has 4 N–H and O–H groups in total. The molecule has 0 fully saturated rings. The number of carbonyl (C=O) groups is 1. The van der Waals surface area contributed by atoms with Gasteiger partial charge in [0.25, 0.3) is 5.91 Å². The van der Waals surface area contributed by atoms with Gasteiger partial charge in [-0.1, -0.05) is 6.92 Å². The van der Waals surface area contributed by atoms with Crippen molar-refractivity contribution in [3.8, 4) is 0 Å². The first-order chi connectivity index (χ1) is 8.20. The van der Waals surface area contributed by atoms with Crippen LogP contribution in [0.25, 0.3) is 0 Å². The van der Waals surface area contributed by atoms with Gasteiger partial charge in [-0.25, -0.2) is 9.78 Å². The first kappa shape index (κ1) is 11.2. The molecule has 2 aromatic rings. The van der Waals surface area contributed by atoms with E-state index >= 15 is 0 Å². The van der Waals surface area contributed by atoms with Gasteiger partial charge in [0.2, 0.25) is 0 Å². The summed E-state index contributed by atoms with van der Waals surface area (Å²) in [5.41, 5.74) is -0.193. The van der Waals surface area contributed by atoms with Crippen LogP contribution in [0, 0.1) is 0 Å². The van der Waals surface area contributed by atoms with E-state index < -0.39 is 5.69 Å². The zero-order valence-electron chi connectivity index (χ0n) is 9.28. The van der Waals surface area contributed by atoms with Gasteiger partial charge in [-0.2, -0.15) is 0 Å². The number of amides is 1. The molecule has 90 valence electrons. The van der Waals surface area contributed by atoms with E-state index in [0.29, 0.717) is 12.2 Å². The van der Waals surface area contributed by atoms with Crippen LogP contribution < -0.4 is 11.0 Å². The number of aromatic nitrogens is 4. The molecule has 0 aromatic carbocycles. The molecule has 0 aliphatic carbocycles. The molecule has 1 unspecified atom stereocenters. The maximum Gasteiger partial charge on any atom is 0.323 e. The summed E-state index contributed by atoms with van der Waals surface area (Å²) in [4.78, 5) is 34.5. The van der Waals surface area contributed by atoms with Crippen molar-refractivity contribution in [3.05, 3.63) is 40.6 Å². The first-order valence-electron chi connectivity index (χ1n) is 5.28. The van der Waals surface area contributed by atoms with Crippen LogP contribution in [0.15, 0.2) is 23.4 Å². The van der Waals surface area contributed by atoms with Crippen LogP contribution in [-0.2, 0) is 0 Å². The van der Waals surface area contributed by atoms with Gasteiger partial charge in [0, 0.05) is 18.6 Å². The molecule has 1 amide bonds. The Hall–Kier alpha value is -2.31. The van der Waals surface area contributed by atoms with Crippen molar-refractivity contribution >= 4 is 5.91 Å². The van der Waals surface area contributed by atoms with Crippen LogP contribution in [0.1, 0.15) is 35.7 Å². The number of H-pyrrole nitrogens is 3. The van der Waals surface area contributed by atoms with Crippen LogP contribution >= 0.6 is 0 Å². The van der Waals surface area contributed by atoms with Crippen LogP contribution in [0.2, 0.25) is 0 Å². The highest BCUT2D eigenvalue weighted by Gasteiger charge is 2.16. The number of hydrogen-bond acceptors (Lipinski definition) is 3. The molecule has 0 saturated heterocycles. The predicted molar refractivity (Wildman–Crippen MR) is 60.5 cm³/mol. The summed E-state index contributed by atoms with van der Waals surface area (Å²) in [7, 11) is 0. The standard InChI is InChI=1S/C10H13N5O2/c1-2-6(8-11-3-4-12-8)14-9(16)7-5-13-10(17)15-7/h3-6H,2H2,1H3,(H,11,12)(H,14,16)(H2,13,15,17). The Labute approximate surface area is 96.7 Å². The third-order valence-corrected chi connectivity index (χ3v) is 2.40. The highest BCUT2D eigenvalue weighted by Crippen LogP contribution is 2.11. The van der Waals surface area contributed by atoms with E-state index in [0.717, 1.165) is 0 Å². The Morgan fingerprint density at radius 2 is 2.35 bits per heavy atom. The summed E-state index contributed by atoms with van der Waals surface area (Å²) in [6.45, 7) is 1.94. The van der Waals surface area contributed by atoms with Gasteiger partial charge in [-0.05, 0) is 6.42 Å². The van der Waals surface area contributed by atoms with Crippen LogP contribution in [-0.4, -0.2) is 25.8 Å². The van der Waals surface area contributed by atoms with Gasteiger partial charge in [0.15, 0.2) is 0 Å². The van der Waals surface area contributed by atoms with Gasteiger partial charge in [0.1, 0.15) is 11.5 Å². The fourth-order valence-corrected chi connectivity index (χ4v) is 1.52. The van der Waals surface area contributed by atoms with Gasteiger partial charge in [-0.15, -0.1) is 0 Å². The number of nitrogens with zero attached hydrogens (tertiary/aromatic N) is 1. The first-order valence-corrected chi connectivity index (χ1v) is 5.28. The summed E-state index contributed by atoms with van der Waals surface area (Å²) in [5.74, 6) is 0.352. The van der Waals surface area contributed by atoms with E-state index in [9.17, 15) is 9.59 Å². The number of rotatable bonds is 4.